The molecule has 0 fully saturated rings. The fourth-order valence-corrected chi connectivity index (χ4v) is 2.87. The molecule has 0 heterocycles. The van der Waals surface area contributed by atoms with Gasteiger partial charge in [0.25, 0.3) is 5.91 Å². The molecule has 4 heteroatoms. The fourth-order valence-electron chi connectivity index (χ4n) is 2.87. The zero-order valence-corrected chi connectivity index (χ0v) is 15.6. The van der Waals surface area contributed by atoms with E-state index in [1.807, 2.05) is 72.8 Å². The Morgan fingerprint density at radius 1 is 0.815 bits per heavy atom. The van der Waals surface area contributed by atoms with Crippen molar-refractivity contribution >= 4 is 5.91 Å². The number of benzene rings is 3. The summed E-state index contributed by atoms with van der Waals surface area (Å²) in [4.78, 5) is 12.4. The van der Waals surface area contributed by atoms with Gasteiger partial charge in [0.1, 0.15) is 11.5 Å². The van der Waals surface area contributed by atoms with Crippen LogP contribution in [0.1, 0.15) is 15.9 Å². The standard InChI is InChI=1S/C23H23NO3/c1-26-21-7-3-5-17(15-21)13-14-24-23(25)19-11-9-18(10-12-19)20-6-4-8-22(16-20)27-2/h3-12,15-16H,13-14H2,1-2H3,(H,24,25). The van der Waals surface area contributed by atoms with E-state index >= 15 is 0 Å². The van der Waals surface area contributed by atoms with Crippen LogP contribution >= 0.6 is 0 Å². The van der Waals surface area contributed by atoms with Gasteiger partial charge in [0.05, 0.1) is 14.2 Å². The quantitative estimate of drug-likeness (QED) is 0.681. The Bertz CT molecular complexity index is 904. The predicted molar refractivity (Wildman–Crippen MR) is 107 cm³/mol. The Hall–Kier alpha value is -3.27. The topological polar surface area (TPSA) is 47.6 Å². The van der Waals surface area contributed by atoms with E-state index in [4.69, 9.17) is 9.47 Å². The number of nitrogens with one attached hydrogen (secondary N) is 1. The van der Waals surface area contributed by atoms with Crippen LogP contribution in [0.5, 0.6) is 11.5 Å². The van der Waals surface area contributed by atoms with Crippen LogP contribution in [0.25, 0.3) is 11.1 Å². The highest BCUT2D eigenvalue weighted by atomic mass is 16.5. The van der Waals surface area contributed by atoms with Crippen molar-refractivity contribution in [2.24, 2.45) is 0 Å². The molecule has 0 aliphatic carbocycles. The molecule has 0 saturated heterocycles. The highest BCUT2D eigenvalue weighted by molar-refractivity contribution is 5.94. The Balaban J connectivity index is 1.58. The average Bonchev–Trinajstić information content (AvgIpc) is 2.74. The van der Waals surface area contributed by atoms with Gasteiger partial charge in [0.15, 0.2) is 0 Å². The van der Waals surface area contributed by atoms with Crippen LogP contribution in [0.3, 0.4) is 0 Å². The normalized spacial score (nSPS) is 10.3. The smallest absolute Gasteiger partial charge is 0.251 e. The van der Waals surface area contributed by atoms with Crippen LogP contribution in [0.15, 0.2) is 72.8 Å². The van der Waals surface area contributed by atoms with Crippen molar-refractivity contribution in [1.29, 1.82) is 0 Å². The second-order valence-electron chi connectivity index (χ2n) is 6.17. The SMILES string of the molecule is COc1cccc(CCNC(=O)c2ccc(-c3cccc(OC)c3)cc2)c1. The molecule has 0 saturated carbocycles. The summed E-state index contributed by atoms with van der Waals surface area (Å²) in [7, 11) is 3.30. The molecule has 0 unspecified atom stereocenters. The first kappa shape index (κ1) is 18.5. The number of carbonyl (C=O) groups excluding carboxylic acids is 1. The van der Waals surface area contributed by atoms with Crippen LogP contribution < -0.4 is 14.8 Å². The zero-order chi connectivity index (χ0) is 19.1. The average molecular weight is 361 g/mol. The summed E-state index contributed by atoms with van der Waals surface area (Å²) in [5.41, 5.74) is 3.87. The zero-order valence-electron chi connectivity index (χ0n) is 15.6. The van der Waals surface area contributed by atoms with Gasteiger partial charge in [-0.3, -0.25) is 4.79 Å². The lowest BCUT2D eigenvalue weighted by molar-refractivity contribution is 0.0954. The summed E-state index contributed by atoms with van der Waals surface area (Å²) in [6.07, 6.45) is 0.755. The van der Waals surface area contributed by atoms with Gasteiger partial charge in [-0.1, -0.05) is 36.4 Å². The van der Waals surface area contributed by atoms with Gasteiger partial charge in [-0.25, -0.2) is 0 Å². The molecule has 0 spiro atoms. The lowest BCUT2D eigenvalue weighted by atomic mass is 10.0. The molecular weight excluding hydrogens is 338 g/mol. The molecule has 0 aromatic heterocycles. The molecule has 4 nitrogen and oxygen atoms in total. The summed E-state index contributed by atoms with van der Waals surface area (Å²) in [5, 5.41) is 2.96. The van der Waals surface area contributed by atoms with Crippen molar-refractivity contribution in [3.8, 4) is 22.6 Å². The second kappa shape index (κ2) is 8.90. The van der Waals surface area contributed by atoms with Gasteiger partial charge in [-0.15, -0.1) is 0 Å². The maximum absolute atomic E-state index is 12.4. The number of hydrogen-bond acceptors (Lipinski definition) is 3. The number of amides is 1. The first-order valence-electron chi connectivity index (χ1n) is 8.85. The minimum Gasteiger partial charge on any atom is -0.497 e. The summed E-state index contributed by atoms with van der Waals surface area (Å²) < 4.78 is 10.5. The largest absolute Gasteiger partial charge is 0.497 e. The maximum atomic E-state index is 12.4. The van der Waals surface area contributed by atoms with E-state index in [0.29, 0.717) is 12.1 Å². The summed E-state index contributed by atoms with van der Waals surface area (Å²) in [5.74, 6) is 1.56. The maximum Gasteiger partial charge on any atom is 0.251 e. The van der Waals surface area contributed by atoms with Gasteiger partial charge in [-0.2, -0.15) is 0 Å². The van der Waals surface area contributed by atoms with Crippen molar-refractivity contribution in [2.75, 3.05) is 20.8 Å². The van der Waals surface area contributed by atoms with Crippen molar-refractivity contribution in [3.05, 3.63) is 83.9 Å². The highest BCUT2D eigenvalue weighted by Gasteiger charge is 2.06. The van der Waals surface area contributed by atoms with E-state index in [1.54, 1.807) is 14.2 Å². The molecule has 138 valence electrons. The van der Waals surface area contributed by atoms with Crippen molar-refractivity contribution in [1.82, 2.24) is 5.32 Å². The Morgan fingerprint density at radius 3 is 2.19 bits per heavy atom. The Kier molecular flexibility index (Phi) is 6.10. The molecule has 3 rings (SSSR count). The molecule has 27 heavy (non-hydrogen) atoms. The van der Waals surface area contributed by atoms with Crippen LogP contribution in [0.4, 0.5) is 0 Å². The van der Waals surface area contributed by atoms with Crippen LogP contribution in [-0.4, -0.2) is 26.7 Å². The third-order valence-corrected chi connectivity index (χ3v) is 4.38. The molecule has 0 atom stereocenters. The third-order valence-electron chi connectivity index (χ3n) is 4.38. The lowest BCUT2D eigenvalue weighted by Gasteiger charge is -2.08. The minimum atomic E-state index is -0.0740. The predicted octanol–water partition coefficient (Wildman–Crippen LogP) is 4.34. The lowest BCUT2D eigenvalue weighted by Crippen LogP contribution is -2.25. The van der Waals surface area contributed by atoms with E-state index in [0.717, 1.165) is 34.6 Å². The molecule has 0 bridgehead atoms. The van der Waals surface area contributed by atoms with Gasteiger partial charge in [0, 0.05) is 12.1 Å². The van der Waals surface area contributed by atoms with E-state index in [-0.39, 0.29) is 5.91 Å². The third kappa shape index (κ3) is 4.88. The molecule has 0 aliphatic heterocycles. The summed E-state index contributed by atoms with van der Waals surface area (Å²) >= 11 is 0. The molecule has 3 aromatic carbocycles. The van der Waals surface area contributed by atoms with E-state index < -0.39 is 0 Å². The van der Waals surface area contributed by atoms with Crippen molar-refractivity contribution in [2.45, 2.75) is 6.42 Å². The summed E-state index contributed by atoms with van der Waals surface area (Å²) in [6, 6.07) is 23.3. The van der Waals surface area contributed by atoms with E-state index in [2.05, 4.69) is 5.32 Å². The molecule has 3 aromatic rings. The van der Waals surface area contributed by atoms with Crippen LogP contribution in [0.2, 0.25) is 0 Å². The number of rotatable bonds is 7. The monoisotopic (exact) mass is 361 g/mol. The van der Waals surface area contributed by atoms with Crippen molar-refractivity contribution < 1.29 is 14.3 Å². The molecule has 1 N–H and O–H groups in total. The fraction of sp³-hybridized carbons (Fsp3) is 0.174. The first-order valence-corrected chi connectivity index (χ1v) is 8.85. The molecule has 0 aliphatic rings. The van der Waals surface area contributed by atoms with E-state index in [9.17, 15) is 4.79 Å². The van der Waals surface area contributed by atoms with Gasteiger partial charge in [-0.05, 0) is 59.5 Å². The molecular formula is C23H23NO3. The van der Waals surface area contributed by atoms with Gasteiger partial charge >= 0.3 is 0 Å². The van der Waals surface area contributed by atoms with Crippen molar-refractivity contribution in [3.63, 3.8) is 0 Å². The number of hydrogen-bond donors (Lipinski definition) is 1. The van der Waals surface area contributed by atoms with E-state index in [1.165, 1.54) is 0 Å². The summed E-state index contributed by atoms with van der Waals surface area (Å²) in [6.45, 7) is 0.573. The molecule has 0 radical (unpaired) electrons. The second-order valence-corrected chi connectivity index (χ2v) is 6.17. The van der Waals surface area contributed by atoms with Crippen LogP contribution in [-0.2, 0) is 6.42 Å². The van der Waals surface area contributed by atoms with Crippen LogP contribution in [0, 0.1) is 0 Å². The number of methoxy groups -OCH3 is 2. The number of ether oxygens (including phenoxy) is 2. The molecule has 1 amide bonds. The van der Waals surface area contributed by atoms with Gasteiger partial charge in [0.2, 0.25) is 0 Å². The Morgan fingerprint density at radius 2 is 1.48 bits per heavy atom. The first-order chi connectivity index (χ1) is 13.2. The number of carbonyl (C=O) groups is 1. The minimum absolute atomic E-state index is 0.0740. The Labute approximate surface area is 159 Å². The highest BCUT2D eigenvalue weighted by Crippen LogP contribution is 2.24. The van der Waals surface area contributed by atoms with Gasteiger partial charge < -0.3 is 14.8 Å².